The third-order valence-electron chi connectivity index (χ3n) is 4.95. The Morgan fingerprint density at radius 3 is 2.88 bits per heavy atom. The molecule has 5 nitrogen and oxygen atoms in total. The number of fused-ring (bicyclic) bond motifs is 1. The van der Waals surface area contributed by atoms with Crippen molar-refractivity contribution < 1.29 is 9.53 Å². The molecule has 2 heterocycles. The van der Waals surface area contributed by atoms with Gasteiger partial charge in [-0.05, 0) is 37.0 Å². The highest BCUT2D eigenvalue weighted by molar-refractivity contribution is 6.31. The molecule has 2 N–H and O–H groups in total. The molecule has 2 saturated heterocycles. The number of ether oxygens (including phenoxy) is 1. The summed E-state index contributed by atoms with van der Waals surface area (Å²) in [6.07, 6.45) is 1.23. The maximum atomic E-state index is 12.2. The van der Waals surface area contributed by atoms with Gasteiger partial charge in [-0.2, -0.15) is 0 Å². The molecule has 3 rings (SSSR count). The number of amides is 2. The molecule has 24 heavy (non-hydrogen) atoms. The molecule has 0 aromatic heterocycles. The highest BCUT2D eigenvalue weighted by Crippen LogP contribution is 2.26. The van der Waals surface area contributed by atoms with E-state index in [-0.39, 0.29) is 12.1 Å². The monoisotopic (exact) mass is 351 g/mol. The normalized spacial score (nSPS) is 27.1. The zero-order chi connectivity index (χ0) is 17.3. The number of rotatable bonds is 3. The van der Waals surface area contributed by atoms with Crippen molar-refractivity contribution in [3.05, 3.63) is 28.8 Å². The maximum Gasteiger partial charge on any atom is 0.319 e. The molecule has 0 bridgehead atoms. The Labute approximate surface area is 148 Å². The minimum absolute atomic E-state index is 0.158. The van der Waals surface area contributed by atoms with Gasteiger partial charge in [-0.1, -0.05) is 31.5 Å². The van der Waals surface area contributed by atoms with Crippen LogP contribution in [0.25, 0.3) is 0 Å². The zero-order valence-corrected chi connectivity index (χ0v) is 15.3. The third-order valence-corrected chi connectivity index (χ3v) is 5.36. The smallest absolute Gasteiger partial charge is 0.319 e. The molecule has 0 aliphatic carbocycles. The number of nitrogens with zero attached hydrogens (tertiary/aromatic N) is 1. The number of carbonyl (C=O) groups is 1. The standard InChI is InChI=1S/C18H26ClN3O2/c1-11(2)17-9-22-8-14(6-15(22)10-24-17)21-18(23)20-13-5-4-12(3)16(19)7-13/h4-5,7,11,14-15,17H,6,8-10H2,1-3H3,(H2,20,21,23)/t14-,15+,17-/m1/s1. The van der Waals surface area contributed by atoms with Gasteiger partial charge in [0.15, 0.2) is 0 Å². The highest BCUT2D eigenvalue weighted by Gasteiger charge is 2.38. The largest absolute Gasteiger partial charge is 0.375 e. The molecule has 2 aliphatic rings. The van der Waals surface area contributed by atoms with Crippen molar-refractivity contribution in [1.29, 1.82) is 0 Å². The number of carbonyl (C=O) groups excluding carboxylic acids is 1. The van der Waals surface area contributed by atoms with Gasteiger partial charge in [0.1, 0.15) is 0 Å². The lowest BCUT2D eigenvalue weighted by Gasteiger charge is -2.36. The van der Waals surface area contributed by atoms with Crippen molar-refractivity contribution in [1.82, 2.24) is 10.2 Å². The number of urea groups is 1. The third kappa shape index (κ3) is 4.02. The first kappa shape index (κ1) is 17.5. The Morgan fingerprint density at radius 1 is 1.38 bits per heavy atom. The van der Waals surface area contributed by atoms with Crippen LogP contribution in [0.4, 0.5) is 10.5 Å². The Morgan fingerprint density at radius 2 is 2.17 bits per heavy atom. The van der Waals surface area contributed by atoms with Crippen molar-refractivity contribution >= 4 is 23.3 Å². The first-order valence-electron chi connectivity index (χ1n) is 8.61. The van der Waals surface area contributed by atoms with Gasteiger partial charge in [0.05, 0.1) is 12.7 Å². The van der Waals surface area contributed by atoms with E-state index >= 15 is 0 Å². The lowest BCUT2D eigenvalue weighted by atomic mass is 10.0. The Kier molecular flexibility index (Phi) is 5.33. The van der Waals surface area contributed by atoms with Crippen LogP contribution in [0.1, 0.15) is 25.8 Å². The zero-order valence-electron chi connectivity index (χ0n) is 14.5. The molecule has 132 valence electrons. The number of nitrogens with one attached hydrogen (secondary N) is 2. The Balaban J connectivity index is 1.52. The van der Waals surface area contributed by atoms with Crippen LogP contribution in [-0.4, -0.2) is 48.8 Å². The van der Waals surface area contributed by atoms with Gasteiger partial charge in [0.25, 0.3) is 0 Å². The molecule has 0 spiro atoms. The summed E-state index contributed by atoms with van der Waals surface area (Å²) in [5, 5.41) is 6.59. The van der Waals surface area contributed by atoms with Crippen LogP contribution in [0, 0.1) is 12.8 Å². The summed E-state index contributed by atoms with van der Waals surface area (Å²) in [4.78, 5) is 14.7. The van der Waals surface area contributed by atoms with E-state index in [1.165, 1.54) is 0 Å². The first-order valence-corrected chi connectivity index (χ1v) is 8.99. The molecule has 2 amide bonds. The van der Waals surface area contributed by atoms with Gasteiger partial charge in [0, 0.05) is 35.9 Å². The molecule has 1 aromatic carbocycles. The average Bonchev–Trinajstić information content (AvgIpc) is 2.91. The molecule has 2 aliphatic heterocycles. The van der Waals surface area contributed by atoms with Crippen LogP contribution in [0.3, 0.4) is 0 Å². The predicted octanol–water partition coefficient (Wildman–Crippen LogP) is 3.27. The lowest BCUT2D eigenvalue weighted by Crippen LogP contribution is -2.48. The fourth-order valence-electron chi connectivity index (χ4n) is 3.43. The van der Waals surface area contributed by atoms with Crippen LogP contribution in [0.5, 0.6) is 0 Å². The van der Waals surface area contributed by atoms with Crippen molar-refractivity contribution in [2.75, 3.05) is 25.0 Å². The molecule has 0 saturated carbocycles. The molecular weight excluding hydrogens is 326 g/mol. The summed E-state index contributed by atoms with van der Waals surface area (Å²) >= 11 is 6.10. The van der Waals surface area contributed by atoms with Crippen LogP contribution in [0.2, 0.25) is 5.02 Å². The molecule has 3 atom stereocenters. The Hall–Kier alpha value is -1.30. The van der Waals surface area contributed by atoms with Crippen LogP contribution in [0.15, 0.2) is 18.2 Å². The molecule has 0 radical (unpaired) electrons. The van der Waals surface area contributed by atoms with Gasteiger partial charge >= 0.3 is 6.03 Å². The van der Waals surface area contributed by atoms with E-state index < -0.39 is 0 Å². The maximum absolute atomic E-state index is 12.2. The van der Waals surface area contributed by atoms with E-state index in [4.69, 9.17) is 16.3 Å². The summed E-state index contributed by atoms with van der Waals surface area (Å²) in [5.74, 6) is 0.521. The number of hydrogen-bond acceptors (Lipinski definition) is 3. The fourth-order valence-corrected chi connectivity index (χ4v) is 3.61. The van der Waals surface area contributed by atoms with Crippen molar-refractivity contribution in [2.24, 2.45) is 5.92 Å². The first-order chi connectivity index (χ1) is 11.4. The van der Waals surface area contributed by atoms with E-state index in [1.54, 1.807) is 6.07 Å². The molecular formula is C18H26ClN3O2. The SMILES string of the molecule is Cc1ccc(NC(=O)N[C@@H]2C[C@H]3CO[C@@H](C(C)C)CN3C2)cc1Cl. The molecule has 2 fully saturated rings. The van der Waals surface area contributed by atoms with Crippen molar-refractivity contribution in [2.45, 2.75) is 45.4 Å². The second-order valence-corrected chi connectivity index (χ2v) is 7.63. The summed E-state index contributed by atoms with van der Waals surface area (Å²) in [6.45, 7) is 8.92. The van der Waals surface area contributed by atoms with Gasteiger partial charge in [-0.15, -0.1) is 0 Å². The summed E-state index contributed by atoms with van der Waals surface area (Å²) in [5.41, 5.74) is 1.71. The Bertz CT molecular complexity index is 608. The topological polar surface area (TPSA) is 53.6 Å². The summed E-state index contributed by atoms with van der Waals surface area (Å²) < 4.78 is 5.94. The number of halogens is 1. The van der Waals surface area contributed by atoms with Crippen LogP contribution < -0.4 is 10.6 Å². The number of hydrogen-bond donors (Lipinski definition) is 2. The van der Waals surface area contributed by atoms with E-state index in [0.29, 0.717) is 28.8 Å². The number of morpholine rings is 1. The van der Waals surface area contributed by atoms with E-state index in [2.05, 4.69) is 29.4 Å². The number of anilines is 1. The fraction of sp³-hybridized carbons (Fsp3) is 0.611. The van der Waals surface area contributed by atoms with E-state index in [9.17, 15) is 4.79 Å². The van der Waals surface area contributed by atoms with Gasteiger partial charge in [0.2, 0.25) is 0 Å². The highest BCUT2D eigenvalue weighted by atomic mass is 35.5. The average molecular weight is 352 g/mol. The van der Waals surface area contributed by atoms with Crippen LogP contribution >= 0.6 is 11.6 Å². The van der Waals surface area contributed by atoms with E-state index in [1.807, 2.05) is 19.1 Å². The van der Waals surface area contributed by atoms with Gasteiger partial charge in [-0.25, -0.2) is 4.79 Å². The molecule has 1 aromatic rings. The van der Waals surface area contributed by atoms with Crippen molar-refractivity contribution in [3.8, 4) is 0 Å². The lowest BCUT2D eigenvalue weighted by molar-refractivity contribution is -0.0683. The quantitative estimate of drug-likeness (QED) is 0.878. The number of benzene rings is 1. The second-order valence-electron chi connectivity index (χ2n) is 7.22. The predicted molar refractivity (Wildman–Crippen MR) is 96.7 cm³/mol. The number of aryl methyl sites for hydroxylation is 1. The summed E-state index contributed by atoms with van der Waals surface area (Å²) in [7, 11) is 0. The second kappa shape index (κ2) is 7.30. The van der Waals surface area contributed by atoms with Gasteiger partial charge < -0.3 is 15.4 Å². The van der Waals surface area contributed by atoms with E-state index in [0.717, 1.165) is 31.7 Å². The minimum atomic E-state index is -0.180. The minimum Gasteiger partial charge on any atom is -0.375 e. The van der Waals surface area contributed by atoms with Gasteiger partial charge in [-0.3, -0.25) is 4.90 Å². The molecule has 0 unspecified atom stereocenters. The molecule has 6 heteroatoms. The van der Waals surface area contributed by atoms with Crippen molar-refractivity contribution in [3.63, 3.8) is 0 Å². The van der Waals surface area contributed by atoms with Crippen LogP contribution in [-0.2, 0) is 4.74 Å². The summed E-state index contributed by atoms with van der Waals surface area (Å²) in [6, 6.07) is 5.93.